The highest BCUT2D eigenvalue weighted by Crippen LogP contribution is 2.21. The zero-order chi connectivity index (χ0) is 24.1. The third-order valence-electron chi connectivity index (χ3n) is 5.68. The topological polar surface area (TPSA) is 89.7 Å². The van der Waals surface area contributed by atoms with E-state index in [-0.39, 0.29) is 18.0 Å². The summed E-state index contributed by atoms with van der Waals surface area (Å²) < 4.78 is 16.8. The second kappa shape index (κ2) is 10.4. The van der Waals surface area contributed by atoms with Crippen LogP contribution in [-0.4, -0.2) is 43.4 Å². The molecule has 1 aromatic carbocycles. The number of hydrogen-bond donors (Lipinski definition) is 2. The number of ketones is 1. The molecule has 1 atom stereocenters. The number of aryl methyl sites for hydroxylation is 2. The van der Waals surface area contributed by atoms with E-state index >= 15 is 0 Å². The van der Waals surface area contributed by atoms with Crippen molar-refractivity contribution in [2.45, 2.75) is 25.4 Å². The van der Waals surface area contributed by atoms with E-state index in [1.807, 2.05) is 51.6 Å². The molecule has 4 rings (SSSR count). The van der Waals surface area contributed by atoms with Gasteiger partial charge in [0.25, 0.3) is 0 Å². The van der Waals surface area contributed by atoms with Gasteiger partial charge in [0, 0.05) is 51.3 Å². The lowest BCUT2D eigenvalue weighted by Gasteiger charge is -2.17. The molecule has 2 N–H and O–H groups in total. The molecule has 0 saturated heterocycles. The van der Waals surface area contributed by atoms with E-state index in [1.165, 1.54) is 12.1 Å². The van der Waals surface area contributed by atoms with Crippen LogP contribution in [0.2, 0.25) is 0 Å². The second-order valence-electron chi connectivity index (χ2n) is 8.21. The van der Waals surface area contributed by atoms with E-state index in [0.29, 0.717) is 13.0 Å². The average molecular weight is 462 g/mol. The molecule has 0 aliphatic rings. The normalized spacial score (nSPS) is 12.0. The van der Waals surface area contributed by atoms with Crippen LogP contribution in [-0.2, 0) is 38.3 Å². The monoisotopic (exact) mass is 461 g/mol. The van der Waals surface area contributed by atoms with Gasteiger partial charge in [0.1, 0.15) is 11.6 Å². The molecule has 0 saturated carbocycles. The summed E-state index contributed by atoms with van der Waals surface area (Å²) in [6.45, 7) is 0.457. The molecule has 0 unspecified atom stereocenters. The quantitative estimate of drug-likeness (QED) is 0.378. The molecule has 0 bridgehead atoms. The Labute approximate surface area is 197 Å². The Hall–Kier alpha value is -3.85. The van der Waals surface area contributed by atoms with Crippen molar-refractivity contribution in [2.24, 2.45) is 14.1 Å². The van der Waals surface area contributed by atoms with E-state index in [2.05, 4.69) is 25.8 Å². The minimum atomic E-state index is -0.456. The number of hydrogen-bond acceptors (Lipinski definition) is 6. The van der Waals surface area contributed by atoms with Gasteiger partial charge in [0.15, 0.2) is 5.78 Å². The van der Waals surface area contributed by atoms with Gasteiger partial charge in [-0.15, -0.1) is 0 Å². The molecule has 0 amide bonds. The number of pyridine rings is 1. The molecule has 0 fully saturated rings. The average Bonchev–Trinajstić information content (AvgIpc) is 3.42. The molecule has 3 heterocycles. The number of halogens is 1. The van der Waals surface area contributed by atoms with Crippen molar-refractivity contribution >= 4 is 11.6 Å². The largest absolute Gasteiger partial charge is 0.373 e. The van der Waals surface area contributed by atoms with Gasteiger partial charge in [0.2, 0.25) is 0 Å². The minimum Gasteiger partial charge on any atom is -0.373 e. The zero-order valence-electron chi connectivity index (χ0n) is 19.5. The molecule has 34 heavy (non-hydrogen) atoms. The maximum Gasteiger partial charge on any atom is 0.156 e. The van der Waals surface area contributed by atoms with E-state index in [0.717, 1.165) is 34.0 Å². The number of aromatic nitrogens is 5. The van der Waals surface area contributed by atoms with E-state index in [4.69, 9.17) is 0 Å². The van der Waals surface area contributed by atoms with Crippen LogP contribution in [0, 0.1) is 5.82 Å². The van der Waals surface area contributed by atoms with Crippen molar-refractivity contribution in [1.29, 1.82) is 0 Å². The summed E-state index contributed by atoms with van der Waals surface area (Å²) >= 11 is 0. The predicted molar refractivity (Wildman–Crippen MR) is 129 cm³/mol. The van der Waals surface area contributed by atoms with Crippen molar-refractivity contribution < 1.29 is 9.18 Å². The SMILES string of the molecule is CNc1cc(-c2cc(CC(=O)[C@H](Cc3ccc(F)cc3)NCc3ccn(C)n3)n(C)n2)ccn1. The van der Waals surface area contributed by atoms with E-state index in [9.17, 15) is 9.18 Å². The number of Topliss-reactive ketones (excluding diaryl/α,β-unsaturated/α-hetero) is 1. The molecule has 176 valence electrons. The fourth-order valence-electron chi connectivity index (χ4n) is 3.78. The van der Waals surface area contributed by atoms with E-state index < -0.39 is 6.04 Å². The fraction of sp³-hybridized carbons (Fsp3) is 0.280. The van der Waals surface area contributed by atoms with Crippen LogP contribution < -0.4 is 10.6 Å². The third-order valence-corrected chi connectivity index (χ3v) is 5.68. The maximum atomic E-state index is 13.4. The maximum absolute atomic E-state index is 13.4. The highest BCUT2D eigenvalue weighted by atomic mass is 19.1. The Balaban J connectivity index is 1.52. The lowest BCUT2D eigenvalue weighted by Crippen LogP contribution is -2.39. The highest BCUT2D eigenvalue weighted by Gasteiger charge is 2.21. The van der Waals surface area contributed by atoms with Crippen LogP contribution >= 0.6 is 0 Å². The number of nitrogens with one attached hydrogen (secondary N) is 2. The molecule has 0 aliphatic heterocycles. The summed E-state index contributed by atoms with van der Waals surface area (Å²) in [5.41, 5.74) is 4.24. The number of carbonyl (C=O) groups excluding carboxylic acids is 1. The molecule has 9 heteroatoms. The Morgan fingerprint density at radius 2 is 1.88 bits per heavy atom. The van der Waals surface area contributed by atoms with Gasteiger partial charge < -0.3 is 10.6 Å². The molecule has 0 radical (unpaired) electrons. The van der Waals surface area contributed by atoms with Crippen LogP contribution in [0.5, 0.6) is 0 Å². The molecular weight excluding hydrogens is 433 g/mol. The third kappa shape index (κ3) is 5.74. The number of carbonyl (C=O) groups is 1. The van der Waals surface area contributed by atoms with Crippen molar-refractivity contribution in [3.8, 4) is 11.3 Å². The molecule has 0 spiro atoms. The van der Waals surface area contributed by atoms with Crippen molar-refractivity contribution in [1.82, 2.24) is 29.9 Å². The van der Waals surface area contributed by atoms with Crippen LogP contribution in [0.1, 0.15) is 17.0 Å². The minimum absolute atomic E-state index is 0.0282. The van der Waals surface area contributed by atoms with Crippen LogP contribution in [0.15, 0.2) is 60.9 Å². The molecular formula is C25H28FN7O. The summed E-state index contributed by atoms with van der Waals surface area (Å²) in [7, 11) is 5.50. The lowest BCUT2D eigenvalue weighted by molar-refractivity contribution is -0.120. The van der Waals surface area contributed by atoms with Gasteiger partial charge in [-0.1, -0.05) is 12.1 Å². The molecule has 4 aromatic rings. The molecule has 0 aliphatic carbocycles. The van der Waals surface area contributed by atoms with Crippen LogP contribution in [0.3, 0.4) is 0 Å². The smallest absolute Gasteiger partial charge is 0.156 e. The Morgan fingerprint density at radius 3 is 2.59 bits per heavy atom. The zero-order valence-corrected chi connectivity index (χ0v) is 19.5. The number of anilines is 1. The Bertz CT molecular complexity index is 1260. The summed E-state index contributed by atoms with van der Waals surface area (Å²) in [6.07, 6.45) is 4.26. The second-order valence-corrected chi connectivity index (χ2v) is 8.21. The highest BCUT2D eigenvalue weighted by molar-refractivity contribution is 5.86. The molecule has 8 nitrogen and oxygen atoms in total. The standard InChI is InChI=1S/C25H28FN7O/c1-27-25-13-18(8-10-28-25)22-14-21(33(3)31-22)15-24(34)23(12-17-4-6-19(26)7-5-17)29-16-20-9-11-32(2)30-20/h4-11,13-14,23,29H,12,15-16H2,1-3H3,(H,27,28)/t23-/m0/s1. The van der Waals surface area contributed by atoms with Crippen LogP contribution in [0.25, 0.3) is 11.3 Å². The summed E-state index contributed by atoms with van der Waals surface area (Å²) in [4.78, 5) is 17.6. The first-order valence-corrected chi connectivity index (χ1v) is 11.1. The first kappa shape index (κ1) is 23.3. The Kier molecular flexibility index (Phi) is 7.12. The predicted octanol–water partition coefficient (Wildman–Crippen LogP) is 2.91. The van der Waals surface area contributed by atoms with Gasteiger partial charge in [-0.2, -0.15) is 10.2 Å². The van der Waals surface area contributed by atoms with Gasteiger partial charge in [0.05, 0.1) is 23.9 Å². The summed E-state index contributed by atoms with van der Waals surface area (Å²) in [5, 5.41) is 15.3. The van der Waals surface area contributed by atoms with Gasteiger partial charge >= 0.3 is 0 Å². The van der Waals surface area contributed by atoms with Gasteiger partial charge in [-0.3, -0.25) is 14.2 Å². The number of rotatable bonds is 10. The van der Waals surface area contributed by atoms with Crippen molar-refractivity contribution in [3.63, 3.8) is 0 Å². The fourth-order valence-corrected chi connectivity index (χ4v) is 3.78. The summed E-state index contributed by atoms with van der Waals surface area (Å²) in [6, 6.07) is 13.4. The number of nitrogens with zero attached hydrogens (tertiary/aromatic N) is 5. The lowest BCUT2D eigenvalue weighted by atomic mass is 9.99. The Morgan fingerprint density at radius 1 is 1.09 bits per heavy atom. The summed E-state index contributed by atoms with van der Waals surface area (Å²) in [5.74, 6) is 0.479. The first-order valence-electron chi connectivity index (χ1n) is 11.1. The van der Waals surface area contributed by atoms with Crippen molar-refractivity contribution in [2.75, 3.05) is 12.4 Å². The van der Waals surface area contributed by atoms with Gasteiger partial charge in [-0.05, 0) is 48.4 Å². The van der Waals surface area contributed by atoms with Crippen molar-refractivity contribution in [3.05, 3.63) is 83.7 Å². The number of benzene rings is 1. The molecule has 3 aromatic heterocycles. The van der Waals surface area contributed by atoms with E-state index in [1.54, 1.807) is 27.7 Å². The first-order chi connectivity index (χ1) is 16.4. The van der Waals surface area contributed by atoms with Crippen LogP contribution in [0.4, 0.5) is 10.2 Å². The van der Waals surface area contributed by atoms with Gasteiger partial charge in [-0.25, -0.2) is 9.37 Å².